The van der Waals surface area contributed by atoms with Crippen molar-refractivity contribution in [2.45, 2.75) is 102 Å². The fourth-order valence-electron chi connectivity index (χ4n) is 3.06. The van der Waals surface area contributed by atoms with Crippen molar-refractivity contribution < 1.29 is 117 Å². The van der Waals surface area contributed by atoms with E-state index in [1.165, 1.54) is 11.8 Å². The minimum absolute atomic E-state index is 0.558. The summed E-state index contributed by atoms with van der Waals surface area (Å²) in [7, 11) is 0.558. The highest BCUT2D eigenvalue weighted by atomic mass is 16.6. The first kappa shape index (κ1) is 9.87. The number of esters is 2. The van der Waals surface area contributed by atoms with E-state index in [1.54, 1.807) is 0 Å². The monoisotopic (exact) mass is 807 g/mol. The quantitative estimate of drug-likeness (QED) is 0.159. The first-order valence-electron chi connectivity index (χ1n) is 43.4. The van der Waals surface area contributed by atoms with E-state index >= 15 is 0 Å². The fourth-order valence-corrected chi connectivity index (χ4v) is 3.06. The molecule has 2 unspecified atom stereocenters. The van der Waals surface area contributed by atoms with Crippen molar-refractivity contribution in [3.63, 3.8) is 0 Å². The third-order valence-electron chi connectivity index (χ3n) is 5.38. The maximum atomic E-state index is 14.1. The topological polar surface area (TPSA) is 120 Å². The summed E-state index contributed by atoms with van der Waals surface area (Å²) in [4.78, 5) is 25.2. The molecule has 54 heavy (non-hydrogen) atoms. The van der Waals surface area contributed by atoms with Gasteiger partial charge in [-0.3, -0.25) is 9.80 Å². The zero-order valence-electron chi connectivity index (χ0n) is 86.9. The molecule has 2 fully saturated rings. The molecule has 2 aliphatic carbocycles. The largest absolute Gasteiger partial charge is 0.467 e. The van der Waals surface area contributed by atoms with Crippen LogP contribution < -0.4 is 0 Å². The van der Waals surface area contributed by atoms with Crippen molar-refractivity contribution in [1.82, 2.24) is 9.80 Å². The predicted octanol–water partition coefficient (Wildman–Crippen LogP) is 6.29. The second-order valence-corrected chi connectivity index (χ2v) is 8.36. The van der Waals surface area contributed by atoms with E-state index in [-0.39, 0.29) is 0 Å². The van der Waals surface area contributed by atoms with E-state index in [2.05, 4.69) is 9.47 Å². The summed E-state index contributed by atoms with van der Waals surface area (Å²) in [5.74, 6) is -9.78. The maximum Gasteiger partial charge on any atom is 0.344 e. The summed E-state index contributed by atoms with van der Waals surface area (Å²) in [5, 5.41) is 32.7. The molecule has 2 aromatic carbocycles. The Morgan fingerprint density at radius 3 is 1.54 bits per heavy atom. The molecule has 2 atom stereocenters. The van der Waals surface area contributed by atoms with Gasteiger partial charge in [-0.2, -0.15) is 0 Å². The van der Waals surface area contributed by atoms with Crippen LogP contribution in [-0.4, -0.2) is 96.3 Å². The Labute approximate surface area is 409 Å². The van der Waals surface area contributed by atoms with E-state index in [1.807, 2.05) is 0 Å². The maximum absolute atomic E-state index is 14.1. The highest BCUT2D eigenvalue weighted by molar-refractivity contribution is 5.82. The number of ether oxygens (including phenoxy) is 2. The van der Waals surface area contributed by atoms with Crippen molar-refractivity contribution in [1.29, 1.82) is 0 Å². The summed E-state index contributed by atoms with van der Waals surface area (Å²) >= 11 is 0. The molecule has 0 spiro atoms. The second kappa shape index (κ2) is 26.2. The van der Waals surface area contributed by atoms with Gasteiger partial charge in [-0.1, -0.05) is 150 Å². The molecule has 2 aliphatic rings. The summed E-state index contributed by atoms with van der Waals surface area (Å²) < 4.78 is 480. The van der Waals surface area contributed by atoms with Crippen molar-refractivity contribution in [2.24, 2.45) is 11.8 Å². The lowest BCUT2D eigenvalue weighted by Gasteiger charge is -2.36. The molecule has 4 rings (SSSR count). The average molecular weight is 807 g/mol. The summed E-state index contributed by atoms with van der Waals surface area (Å²) in [6, 6.07) is -14.2. The third kappa shape index (κ3) is 14.2. The van der Waals surface area contributed by atoms with Gasteiger partial charge in [0.15, 0.2) is 17.8 Å². The summed E-state index contributed by atoms with van der Waals surface area (Å²) in [5.41, 5.74) is -13.0. The van der Waals surface area contributed by atoms with E-state index < -0.39 is 260 Å². The molecule has 298 valence electrons. The van der Waals surface area contributed by atoms with Gasteiger partial charge in [0, 0.05) is 69.4 Å². The number of hydrogen-bond acceptors (Lipinski definition) is 9. The minimum atomic E-state index is -5.08. The zero-order chi connectivity index (χ0) is 92.5. The van der Waals surface area contributed by atoms with Crippen LogP contribution in [0.5, 0.6) is 0 Å². The van der Waals surface area contributed by atoms with Crippen molar-refractivity contribution in [3.8, 4) is 23.7 Å². The van der Waals surface area contributed by atoms with Crippen molar-refractivity contribution in [2.75, 3.05) is 59.2 Å². The Balaban J connectivity index is 0.000000642. The van der Waals surface area contributed by atoms with Gasteiger partial charge in [-0.25, -0.2) is 9.59 Å². The van der Waals surface area contributed by atoms with Crippen LogP contribution in [0.2, 0.25) is 0 Å². The Bertz CT molecular complexity index is 3980. The number of aliphatic hydroxyl groups is 3. The van der Waals surface area contributed by atoms with Gasteiger partial charge in [0.25, 0.3) is 0 Å². The first-order valence-corrected chi connectivity index (χ1v) is 13.4. The van der Waals surface area contributed by atoms with E-state index in [0.717, 1.165) is 11.8 Å². The second-order valence-electron chi connectivity index (χ2n) is 8.36. The smallest absolute Gasteiger partial charge is 0.344 e. The lowest BCUT2D eigenvalue weighted by Crippen LogP contribution is -2.45. The lowest BCUT2D eigenvalue weighted by molar-refractivity contribution is -0.174. The molecule has 0 saturated heterocycles. The highest BCUT2D eigenvalue weighted by Gasteiger charge is 2.48. The zero-order valence-corrected chi connectivity index (χ0v) is 26.9. The molecule has 3 N–H and O–H groups in total. The van der Waals surface area contributed by atoms with Crippen LogP contribution in [0.3, 0.4) is 0 Å². The van der Waals surface area contributed by atoms with Gasteiger partial charge >= 0.3 is 11.9 Å². The number of rotatable bonds is 13. The van der Waals surface area contributed by atoms with Crippen LogP contribution in [0.15, 0.2) is 60.4 Å². The molecule has 9 nitrogen and oxygen atoms in total. The van der Waals surface area contributed by atoms with Gasteiger partial charge in [-0.05, 0) is 62.6 Å². The molecular weight excluding hydrogens is 681 g/mol. The van der Waals surface area contributed by atoms with Crippen LogP contribution in [0.4, 0.5) is 0 Å². The molecule has 0 radical (unpaired) electrons. The molecule has 0 bridgehead atoms. The lowest BCUT2D eigenvalue weighted by atomic mass is 9.73. The number of benzene rings is 2. The molecule has 0 amide bonds. The summed E-state index contributed by atoms with van der Waals surface area (Å²) in [6.07, 6.45) is -43.8. The number of carbonyl (C=O) groups excluding carboxylic acids is 2. The Morgan fingerprint density at radius 1 is 0.741 bits per heavy atom. The number of methoxy groups -OCH3 is 1. The van der Waals surface area contributed by atoms with Crippen LogP contribution in [0.1, 0.15) is 185 Å². The Morgan fingerprint density at radius 2 is 1.15 bits per heavy atom. The number of hydrogen-bond donors (Lipinski definition) is 3. The minimum Gasteiger partial charge on any atom is -0.467 e. The molecule has 0 heterocycles. The van der Waals surface area contributed by atoms with Crippen LogP contribution >= 0.6 is 0 Å². The number of carbonyl (C=O) groups is 2. The van der Waals surface area contributed by atoms with Gasteiger partial charge in [0.05, 0.1) is 44.8 Å². The highest BCUT2D eigenvalue weighted by Crippen LogP contribution is 2.41. The molecular formula is C45H66N2O7. The van der Waals surface area contributed by atoms with Gasteiger partial charge in [0.1, 0.15) is 6.56 Å². The Kier molecular flexibility index (Phi) is 4.78. The van der Waals surface area contributed by atoms with Crippen molar-refractivity contribution in [3.05, 3.63) is 71.6 Å². The predicted molar refractivity (Wildman–Crippen MR) is 215 cm³/mol. The normalized spacial score (nSPS) is 46.6. The number of nitrogens with zero attached hydrogens (tertiary/aromatic N) is 2. The standard InChI is InChI=1S/C22H31NO3.C15H20O3.C8H15NO/c1-3-23(4-2)17-11-12-18-26-21(24)22(25,19-13-7-5-8-14-19)20-15-9-6-10-16-20;1-18-14(16)15(17,12-8-4-2-5-9-12)13-10-6-3-7-11-13;1-3-9(4-2)7-5-6-8-10/h5,7-8,13-14,20,25H,3-4,6,9-10,15-18H2,1-2H3;2,4-5,8-9,13,17H,3,6-7,10-11H2,1H3;10H,3-4,7-8H2,1-2H3/i1D3,2D3,3D2,4D2,5D,6D2,7D,8D,9D2,10D2,13D,14D,15D2,16D2,17D2,18D2,20D;2D,3D2,4D,5D,6D2,7D2,8D,9D,10D2,11D2,13D;1D3,2D3,3D2,4D2,7D2,8D2. The summed E-state index contributed by atoms with van der Waals surface area (Å²) in [6.45, 7) is -47.2. The third-order valence-corrected chi connectivity index (χ3v) is 5.38. The van der Waals surface area contributed by atoms with E-state index in [0.29, 0.717) is 7.11 Å². The first-order chi connectivity index (χ1) is 49.1. The fraction of sp³-hybridized carbons (Fsp3) is 0.600. The molecule has 0 aromatic heterocycles. The molecule has 2 saturated carbocycles. The van der Waals surface area contributed by atoms with Gasteiger partial charge in [-0.15, -0.1) is 0 Å². The van der Waals surface area contributed by atoms with E-state index in [4.69, 9.17) is 87.4 Å². The van der Waals surface area contributed by atoms with Crippen molar-refractivity contribution >= 4 is 11.9 Å². The molecule has 0 aliphatic heterocycles. The van der Waals surface area contributed by atoms with E-state index in [9.17, 15) is 19.8 Å². The van der Waals surface area contributed by atoms with Gasteiger partial charge < -0.3 is 24.8 Å². The van der Waals surface area contributed by atoms with Gasteiger partial charge in [0.2, 0.25) is 0 Å². The van der Waals surface area contributed by atoms with Crippen LogP contribution in [0.25, 0.3) is 0 Å². The van der Waals surface area contributed by atoms with Crippen LogP contribution in [0, 0.1) is 35.5 Å². The Hall–Kier alpha value is -3.70. The molecule has 9 heteroatoms. The SMILES string of the molecule is [2H]C([2H])(O)C#CC([2H])([2H])N(C([2H])([2H])C([2H])([2H])[2H])C([2H])([2H])C([2H])([2H])[2H].[2H]c1c([2H])c([2H])c(C(O)(C(=O)OC([2H])([2H])C#CC([2H])([2H])N(C([2H])([2H])C([2H])([2H])[2H])C([2H])([2H])C([2H])([2H])[2H])C2([2H])C([2H])([2H])C([2H])([2H])C([2H])([2H])C([2H])([2H])C2([2H])[2H])c([2H])c1[2H].[2H]c1c([2H])c([2H])c(C(O)(C(=O)OC)C2([2H])C([2H])([2H])C([2H])([2H])C([2H])([2H])C([2H])([2H])C2([2H])[2H])c([2H])c1[2H]. The molecule has 2 aromatic rings. The average Bonchev–Trinajstić information content (AvgIpc) is 0.649. The van der Waals surface area contributed by atoms with Crippen LogP contribution in [-0.2, 0) is 30.3 Å².